The molecule has 0 amide bonds. The third kappa shape index (κ3) is 3.05. The lowest BCUT2D eigenvalue weighted by molar-refractivity contribution is 1.44. The quantitative estimate of drug-likeness (QED) is 0.613. The Kier molecular flexibility index (Phi) is 3.88. The maximum atomic E-state index is 3.08. The SMILES string of the molecule is Cc1ccccc1NC#CNc1ccccc1C. The van der Waals surface area contributed by atoms with E-state index in [0.717, 1.165) is 11.4 Å². The van der Waals surface area contributed by atoms with Crippen molar-refractivity contribution in [1.29, 1.82) is 0 Å². The van der Waals surface area contributed by atoms with E-state index in [-0.39, 0.29) is 0 Å². The normalized spacial score (nSPS) is 9.22. The summed E-state index contributed by atoms with van der Waals surface area (Å²) in [6.07, 6.45) is 0. The molecule has 0 atom stereocenters. The molecule has 0 aromatic heterocycles. The Morgan fingerprint density at radius 1 is 0.667 bits per heavy atom. The third-order valence-corrected chi connectivity index (χ3v) is 2.75. The molecule has 0 fully saturated rings. The Hall–Kier alpha value is -2.40. The van der Waals surface area contributed by atoms with E-state index in [4.69, 9.17) is 0 Å². The fourth-order valence-corrected chi connectivity index (χ4v) is 1.62. The average Bonchev–Trinajstić information content (AvgIpc) is 2.38. The third-order valence-electron chi connectivity index (χ3n) is 2.75. The highest BCUT2D eigenvalue weighted by Gasteiger charge is 1.93. The van der Waals surface area contributed by atoms with Gasteiger partial charge in [0.2, 0.25) is 0 Å². The molecule has 0 saturated carbocycles. The van der Waals surface area contributed by atoms with Crippen molar-refractivity contribution in [2.24, 2.45) is 0 Å². The Balaban J connectivity index is 1.99. The minimum absolute atomic E-state index is 1.04. The molecule has 18 heavy (non-hydrogen) atoms. The summed E-state index contributed by atoms with van der Waals surface area (Å²) >= 11 is 0. The van der Waals surface area contributed by atoms with E-state index in [1.54, 1.807) is 0 Å². The number of rotatable bonds is 2. The van der Waals surface area contributed by atoms with Crippen molar-refractivity contribution in [3.05, 3.63) is 59.7 Å². The van der Waals surface area contributed by atoms with Crippen LogP contribution in [0, 0.1) is 25.9 Å². The van der Waals surface area contributed by atoms with Gasteiger partial charge in [0.25, 0.3) is 0 Å². The molecule has 0 aliphatic carbocycles. The molecule has 0 radical (unpaired) electrons. The average molecular weight is 236 g/mol. The van der Waals surface area contributed by atoms with Gasteiger partial charge in [-0.3, -0.25) is 0 Å². The Labute approximate surface area is 108 Å². The molecule has 0 heterocycles. The predicted octanol–water partition coefficient (Wildman–Crippen LogP) is 3.75. The van der Waals surface area contributed by atoms with E-state index >= 15 is 0 Å². The number of nitrogens with one attached hydrogen (secondary N) is 2. The highest BCUT2D eigenvalue weighted by molar-refractivity contribution is 5.57. The largest absolute Gasteiger partial charge is 0.313 e. The summed E-state index contributed by atoms with van der Waals surface area (Å²) in [5.41, 5.74) is 4.44. The minimum Gasteiger partial charge on any atom is -0.313 e. The summed E-state index contributed by atoms with van der Waals surface area (Å²) in [5, 5.41) is 6.16. The molecule has 2 aromatic rings. The molecular weight excluding hydrogens is 220 g/mol. The summed E-state index contributed by atoms with van der Waals surface area (Å²) in [4.78, 5) is 0. The van der Waals surface area contributed by atoms with E-state index in [2.05, 4.69) is 48.7 Å². The first-order chi connectivity index (χ1) is 8.77. The van der Waals surface area contributed by atoms with Crippen LogP contribution in [-0.4, -0.2) is 0 Å². The van der Waals surface area contributed by atoms with Crippen molar-refractivity contribution in [1.82, 2.24) is 0 Å². The molecule has 0 aliphatic rings. The van der Waals surface area contributed by atoms with Crippen LogP contribution >= 0.6 is 0 Å². The Bertz CT molecular complexity index is 540. The number of para-hydroxylation sites is 2. The molecule has 2 N–H and O–H groups in total. The molecule has 90 valence electrons. The van der Waals surface area contributed by atoms with Gasteiger partial charge >= 0.3 is 0 Å². The number of benzene rings is 2. The zero-order valence-electron chi connectivity index (χ0n) is 10.6. The molecule has 0 saturated heterocycles. The summed E-state index contributed by atoms with van der Waals surface area (Å²) in [6, 6.07) is 22.0. The van der Waals surface area contributed by atoms with Crippen LogP contribution in [-0.2, 0) is 0 Å². The first-order valence-electron chi connectivity index (χ1n) is 5.90. The van der Waals surface area contributed by atoms with Crippen LogP contribution in [0.15, 0.2) is 48.5 Å². The van der Waals surface area contributed by atoms with Crippen LogP contribution in [0.25, 0.3) is 0 Å². The molecule has 2 heteroatoms. The van der Waals surface area contributed by atoms with E-state index in [0.29, 0.717) is 0 Å². The Morgan fingerprint density at radius 3 is 1.44 bits per heavy atom. The molecular formula is C16H16N2. The number of hydrogen-bond acceptors (Lipinski definition) is 2. The number of aryl methyl sites for hydroxylation is 2. The second-order valence-corrected chi connectivity index (χ2v) is 4.13. The number of hydrogen-bond donors (Lipinski definition) is 2. The van der Waals surface area contributed by atoms with Crippen molar-refractivity contribution in [2.75, 3.05) is 10.6 Å². The highest BCUT2D eigenvalue weighted by Crippen LogP contribution is 2.13. The van der Waals surface area contributed by atoms with E-state index in [1.807, 2.05) is 36.4 Å². The topological polar surface area (TPSA) is 24.1 Å². The molecule has 0 unspecified atom stereocenters. The van der Waals surface area contributed by atoms with Gasteiger partial charge in [-0.15, -0.1) is 0 Å². The predicted molar refractivity (Wildman–Crippen MR) is 77.4 cm³/mol. The van der Waals surface area contributed by atoms with Crippen molar-refractivity contribution < 1.29 is 0 Å². The molecule has 2 nitrogen and oxygen atoms in total. The zero-order chi connectivity index (χ0) is 12.8. The smallest absolute Gasteiger partial charge is 0.0488 e. The molecule has 0 spiro atoms. The van der Waals surface area contributed by atoms with Crippen LogP contribution in [0.1, 0.15) is 11.1 Å². The lowest BCUT2D eigenvalue weighted by Crippen LogP contribution is -1.95. The molecule has 0 aliphatic heterocycles. The molecule has 0 bridgehead atoms. The van der Waals surface area contributed by atoms with E-state index < -0.39 is 0 Å². The van der Waals surface area contributed by atoms with Gasteiger partial charge in [0.15, 0.2) is 0 Å². The van der Waals surface area contributed by atoms with Gasteiger partial charge in [-0.25, -0.2) is 0 Å². The van der Waals surface area contributed by atoms with Crippen LogP contribution in [0.2, 0.25) is 0 Å². The fourth-order valence-electron chi connectivity index (χ4n) is 1.62. The van der Waals surface area contributed by atoms with Crippen LogP contribution < -0.4 is 10.6 Å². The van der Waals surface area contributed by atoms with Crippen LogP contribution in [0.5, 0.6) is 0 Å². The zero-order valence-corrected chi connectivity index (χ0v) is 10.6. The lowest BCUT2D eigenvalue weighted by atomic mass is 10.2. The standard InChI is InChI=1S/C16H16N2/c1-13-7-3-5-9-15(13)17-11-12-18-16-10-6-4-8-14(16)2/h3-10,17-18H,1-2H3. The first kappa shape index (κ1) is 12.1. The Morgan fingerprint density at radius 2 is 1.06 bits per heavy atom. The van der Waals surface area contributed by atoms with Crippen LogP contribution in [0.3, 0.4) is 0 Å². The van der Waals surface area contributed by atoms with Gasteiger partial charge in [0.05, 0.1) is 0 Å². The van der Waals surface area contributed by atoms with Gasteiger partial charge in [-0.1, -0.05) is 36.4 Å². The van der Waals surface area contributed by atoms with Gasteiger partial charge in [0, 0.05) is 23.5 Å². The lowest BCUT2D eigenvalue weighted by Gasteiger charge is -2.03. The number of anilines is 2. The van der Waals surface area contributed by atoms with Gasteiger partial charge in [-0.05, 0) is 37.1 Å². The highest BCUT2D eigenvalue weighted by atomic mass is 14.9. The van der Waals surface area contributed by atoms with Crippen molar-refractivity contribution in [2.45, 2.75) is 13.8 Å². The maximum Gasteiger partial charge on any atom is 0.0488 e. The van der Waals surface area contributed by atoms with Gasteiger partial charge in [0.1, 0.15) is 0 Å². The second kappa shape index (κ2) is 5.79. The minimum atomic E-state index is 1.04. The fraction of sp³-hybridized carbons (Fsp3) is 0.125. The first-order valence-corrected chi connectivity index (χ1v) is 5.90. The van der Waals surface area contributed by atoms with Crippen molar-refractivity contribution >= 4 is 11.4 Å². The summed E-state index contributed by atoms with van der Waals surface area (Å²) < 4.78 is 0. The summed E-state index contributed by atoms with van der Waals surface area (Å²) in [5.74, 6) is 0. The summed E-state index contributed by atoms with van der Waals surface area (Å²) in [6.45, 7) is 4.11. The monoisotopic (exact) mass is 236 g/mol. The second-order valence-electron chi connectivity index (χ2n) is 4.13. The van der Waals surface area contributed by atoms with Gasteiger partial charge in [-0.2, -0.15) is 0 Å². The maximum absolute atomic E-state index is 3.08. The van der Waals surface area contributed by atoms with Crippen LogP contribution in [0.4, 0.5) is 11.4 Å². The van der Waals surface area contributed by atoms with Crippen molar-refractivity contribution in [3.63, 3.8) is 0 Å². The van der Waals surface area contributed by atoms with Crippen molar-refractivity contribution in [3.8, 4) is 12.1 Å². The summed E-state index contributed by atoms with van der Waals surface area (Å²) in [7, 11) is 0. The van der Waals surface area contributed by atoms with Gasteiger partial charge < -0.3 is 10.6 Å². The molecule has 2 rings (SSSR count). The van der Waals surface area contributed by atoms with E-state index in [9.17, 15) is 0 Å². The van der Waals surface area contributed by atoms with E-state index in [1.165, 1.54) is 11.1 Å². The molecule has 2 aromatic carbocycles.